The molecule has 4 rings (SSSR count). The number of carbonyl (C=O) groups excluding carboxylic acids is 3. The van der Waals surface area contributed by atoms with Crippen molar-refractivity contribution in [1.82, 2.24) is 0 Å². The molecule has 0 saturated carbocycles. The molecule has 31 heavy (non-hydrogen) atoms. The summed E-state index contributed by atoms with van der Waals surface area (Å²) in [6.07, 6.45) is 0.793. The Kier molecular flexibility index (Phi) is 5.21. The van der Waals surface area contributed by atoms with Crippen LogP contribution in [0.2, 0.25) is 0 Å². The molecule has 0 radical (unpaired) electrons. The molecule has 2 amide bonds. The van der Waals surface area contributed by atoms with Gasteiger partial charge in [-0.25, -0.2) is 0 Å². The predicted molar refractivity (Wildman–Crippen MR) is 120 cm³/mol. The summed E-state index contributed by atoms with van der Waals surface area (Å²) in [4.78, 5) is 42.3. The van der Waals surface area contributed by atoms with E-state index in [9.17, 15) is 14.4 Å². The highest BCUT2D eigenvalue weighted by atomic mass is 16.5. The van der Waals surface area contributed by atoms with Gasteiger partial charge in [0.2, 0.25) is 0 Å². The molecular formula is C24H27N3O4. The van der Waals surface area contributed by atoms with Crippen LogP contribution in [0.1, 0.15) is 44.5 Å². The smallest absolute Gasteiger partial charge is 0.265 e. The standard InChI is InChI=1S/C24H27N3O4/c1-5-12-26-19-13-16(10-11-20(19)31-14-21(26)28)22(29)15(2)27-18-9-7-6-8-17(18)25-24(3,4)23(27)30/h6-11,13,15,25H,5,12,14H2,1-4H3. The first-order valence-corrected chi connectivity index (χ1v) is 10.6. The Hall–Kier alpha value is -3.35. The lowest BCUT2D eigenvalue weighted by molar-refractivity contribution is -0.122. The molecule has 0 aliphatic carbocycles. The van der Waals surface area contributed by atoms with Crippen molar-refractivity contribution < 1.29 is 19.1 Å². The predicted octanol–water partition coefficient (Wildman–Crippen LogP) is 3.63. The highest BCUT2D eigenvalue weighted by Gasteiger charge is 2.42. The number of amides is 2. The van der Waals surface area contributed by atoms with Crippen LogP contribution in [0.4, 0.5) is 17.1 Å². The maximum absolute atomic E-state index is 13.5. The molecule has 0 bridgehead atoms. The molecule has 0 aromatic heterocycles. The second-order valence-corrected chi connectivity index (χ2v) is 8.50. The zero-order chi connectivity index (χ0) is 22.3. The SMILES string of the molecule is CCCN1C(=O)COc2ccc(C(=O)C(C)N3C(=O)C(C)(C)Nc4ccccc43)cc21. The summed E-state index contributed by atoms with van der Waals surface area (Å²) < 4.78 is 5.54. The molecule has 2 aromatic carbocycles. The highest BCUT2D eigenvalue weighted by molar-refractivity contribution is 6.14. The van der Waals surface area contributed by atoms with Crippen LogP contribution >= 0.6 is 0 Å². The number of Topliss-reactive ketones (excluding diaryl/α,β-unsaturated/α-hetero) is 1. The van der Waals surface area contributed by atoms with E-state index >= 15 is 0 Å². The molecule has 2 aliphatic rings. The van der Waals surface area contributed by atoms with Crippen molar-refractivity contribution in [2.24, 2.45) is 0 Å². The zero-order valence-corrected chi connectivity index (χ0v) is 18.3. The highest BCUT2D eigenvalue weighted by Crippen LogP contribution is 2.38. The van der Waals surface area contributed by atoms with Crippen LogP contribution in [0.3, 0.4) is 0 Å². The van der Waals surface area contributed by atoms with Crippen LogP contribution < -0.4 is 19.9 Å². The third kappa shape index (κ3) is 3.54. The van der Waals surface area contributed by atoms with Gasteiger partial charge < -0.3 is 15.0 Å². The number of hydrogen-bond donors (Lipinski definition) is 1. The number of benzene rings is 2. The van der Waals surface area contributed by atoms with Crippen LogP contribution in [-0.2, 0) is 9.59 Å². The number of fused-ring (bicyclic) bond motifs is 2. The summed E-state index contributed by atoms with van der Waals surface area (Å²) in [6, 6.07) is 11.9. The van der Waals surface area contributed by atoms with Crippen molar-refractivity contribution in [2.45, 2.75) is 45.7 Å². The van der Waals surface area contributed by atoms with Crippen molar-refractivity contribution in [3.63, 3.8) is 0 Å². The Labute approximate surface area is 182 Å². The van der Waals surface area contributed by atoms with Crippen LogP contribution in [0.5, 0.6) is 5.75 Å². The minimum Gasteiger partial charge on any atom is -0.482 e. The average molecular weight is 421 g/mol. The quantitative estimate of drug-likeness (QED) is 0.746. The third-order valence-electron chi connectivity index (χ3n) is 5.76. The Morgan fingerprint density at radius 2 is 1.90 bits per heavy atom. The molecular weight excluding hydrogens is 394 g/mol. The summed E-state index contributed by atoms with van der Waals surface area (Å²) in [6.45, 7) is 7.90. The lowest BCUT2D eigenvalue weighted by Crippen LogP contribution is -2.58. The molecule has 0 fully saturated rings. The number of anilines is 3. The fourth-order valence-electron chi connectivity index (χ4n) is 4.16. The molecule has 1 N–H and O–H groups in total. The van der Waals surface area contributed by atoms with Crippen LogP contribution in [-0.4, -0.2) is 42.3 Å². The molecule has 1 unspecified atom stereocenters. The molecule has 162 valence electrons. The maximum Gasteiger partial charge on any atom is 0.265 e. The van der Waals surface area contributed by atoms with Gasteiger partial charge in [0.25, 0.3) is 11.8 Å². The minimum absolute atomic E-state index is 0.00214. The van der Waals surface area contributed by atoms with E-state index in [0.29, 0.717) is 29.2 Å². The monoisotopic (exact) mass is 421 g/mol. The number of ketones is 1. The van der Waals surface area contributed by atoms with E-state index < -0.39 is 11.6 Å². The summed E-state index contributed by atoms with van der Waals surface area (Å²) in [5.41, 5.74) is 1.69. The van der Waals surface area contributed by atoms with Gasteiger partial charge in [-0.2, -0.15) is 0 Å². The van der Waals surface area contributed by atoms with Gasteiger partial charge in [-0.3, -0.25) is 19.3 Å². The van der Waals surface area contributed by atoms with Crippen molar-refractivity contribution in [1.29, 1.82) is 0 Å². The van der Waals surface area contributed by atoms with Crippen molar-refractivity contribution in [3.05, 3.63) is 48.0 Å². The minimum atomic E-state index is -0.836. The number of hydrogen-bond acceptors (Lipinski definition) is 5. The average Bonchev–Trinajstić information content (AvgIpc) is 2.75. The Balaban J connectivity index is 1.71. The van der Waals surface area contributed by atoms with Gasteiger partial charge in [0.1, 0.15) is 11.3 Å². The Morgan fingerprint density at radius 3 is 2.65 bits per heavy atom. The van der Waals surface area contributed by atoms with Gasteiger partial charge in [0.05, 0.1) is 23.1 Å². The Morgan fingerprint density at radius 1 is 1.16 bits per heavy atom. The summed E-state index contributed by atoms with van der Waals surface area (Å²) >= 11 is 0. The number of carbonyl (C=O) groups is 3. The van der Waals surface area contributed by atoms with E-state index in [1.807, 2.05) is 31.2 Å². The van der Waals surface area contributed by atoms with Crippen molar-refractivity contribution in [3.8, 4) is 5.75 Å². The molecule has 0 spiro atoms. The second-order valence-electron chi connectivity index (χ2n) is 8.50. The lowest BCUT2D eigenvalue weighted by atomic mass is 9.94. The maximum atomic E-state index is 13.5. The van der Waals surface area contributed by atoms with E-state index in [1.54, 1.807) is 48.8 Å². The fourth-order valence-corrected chi connectivity index (χ4v) is 4.16. The molecule has 2 aliphatic heterocycles. The van der Waals surface area contributed by atoms with Crippen LogP contribution in [0, 0.1) is 0 Å². The van der Waals surface area contributed by atoms with E-state index in [2.05, 4.69) is 5.32 Å². The fraction of sp³-hybridized carbons (Fsp3) is 0.375. The van der Waals surface area contributed by atoms with Gasteiger partial charge >= 0.3 is 0 Å². The first-order chi connectivity index (χ1) is 14.7. The van der Waals surface area contributed by atoms with Gasteiger partial charge in [-0.15, -0.1) is 0 Å². The molecule has 2 aromatic rings. The van der Waals surface area contributed by atoms with Crippen molar-refractivity contribution in [2.75, 3.05) is 28.3 Å². The van der Waals surface area contributed by atoms with E-state index in [0.717, 1.165) is 12.1 Å². The first-order valence-electron chi connectivity index (χ1n) is 10.6. The molecule has 7 heteroatoms. The van der Waals surface area contributed by atoms with Gasteiger partial charge in [0.15, 0.2) is 12.4 Å². The normalized spacial score (nSPS) is 17.9. The Bertz CT molecular complexity index is 1060. The number of ether oxygens (including phenoxy) is 1. The summed E-state index contributed by atoms with van der Waals surface area (Å²) in [5, 5.41) is 3.25. The summed E-state index contributed by atoms with van der Waals surface area (Å²) in [5.74, 6) is 0.0937. The van der Waals surface area contributed by atoms with Gasteiger partial charge in [0, 0.05) is 12.1 Å². The van der Waals surface area contributed by atoms with E-state index in [1.165, 1.54) is 0 Å². The second kappa shape index (κ2) is 7.72. The third-order valence-corrected chi connectivity index (χ3v) is 5.76. The van der Waals surface area contributed by atoms with E-state index in [-0.39, 0.29) is 24.2 Å². The number of para-hydroxylation sites is 2. The van der Waals surface area contributed by atoms with Gasteiger partial charge in [-0.05, 0) is 57.5 Å². The molecule has 1 atom stereocenters. The van der Waals surface area contributed by atoms with Crippen molar-refractivity contribution >= 4 is 34.7 Å². The van der Waals surface area contributed by atoms with Gasteiger partial charge in [-0.1, -0.05) is 19.1 Å². The van der Waals surface area contributed by atoms with E-state index in [4.69, 9.17) is 4.74 Å². The van der Waals surface area contributed by atoms with Crippen LogP contribution in [0.25, 0.3) is 0 Å². The molecule has 2 heterocycles. The topological polar surface area (TPSA) is 79.0 Å². The molecule has 7 nitrogen and oxygen atoms in total. The zero-order valence-electron chi connectivity index (χ0n) is 18.3. The number of nitrogens with one attached hydrogen (secondary N) is 1. The van der Waals surface area contributed by atoms with Crippen LogP contribution in [0.15, 0.2) is 42.5 Å². The lowest BCUT2D eigenvalue weighted by Gasteiger charge is -2.42. The summed E-state index contributed by atoms with van der Waals surface area (Å²) in [7, 11) is 0. The largest absolute Gasteiger partial charge is 0.482 e. The first kappa shape index (κ1) is 20.9. The number of nitrogens with zero attached hydrogens (tertiary/aromatic N) is 2. The molecule has 0 saturated heterocycles. The number of rotatable bonds is 5.